The summed E-state index contributed by atoms with van der Waals surface area (Å²) in [5.41, 5.74) is -0.204. The van der Waals surface area contributed by atoms with Crippen molar-refractivity contribution in [3.05, 3.63) is 64.5 Å². The van der Waals surface area contributed by atoms with Crippen LogP contribution < -0.4 is 10.4 Å². The molecule has 0 aliphatic heterocycles. The Morgan fingerprint density at radius 2 is 1.86 bits per heavy atom. The van der Waals surface area contributed by atoms with Crippen LogP contribution in [-0.4, -0.2) is 7.11 Å². The SMILES string of the molecule is COc1ccc2oc(=O)cc(Sc3cc(F)ccc3F)c2c1. The lowest BCUT2D eigenvalue weighted by Crippen LogP contribution is -1.98. The second-order valence-electron chi connectivity index (χ2n) is 4.47. The average molecular weight is 320 g/mol. The molecule has 22 heavy (non-hydrogen) atoms. The molecule has 0 atom stereocenters. The lowest BCUT2D eigenvalue weighted by molar-refractivity contribution is 0.415. The minimum atomic E-state index is -0.560. The van der Waals surface area contributed by atoms with E-state index in [9.17, 15) is 13.6 Å². The molecule has 0 aliphatic carbocycles. The largest absolute Gasteiger partial charge is 0.497 e. The minimum absolute atomic E-state index is 0.0923. The lowest BCUT2D eigenvalue weighted by Gasteiger charge is -2.07. The Labute approximate surface area is 128 Å². The number of halogens is 2. The van der Waals surface area contributed by atoms with E-state index >= 15 is 0 Å². The molecule has 0 radical (unpaired) electrons. The van der Waals surface area contributed by atoms with Gasteiger partial charge in [0.1, 0.15) is 23.0 Å². The van der Waals surface area contributed by atoms with Crippen LogP contribution in [0, 0.1) is 11.6 Å². The number of ether oxygens (including phenoxy) is 1. The summed E-state index contributed by atoms with van der Waals surface area (Å²) in [4.78, 5) is 12.2. The van der Waals surface area contributed by atoms with Crippen molar-refractivity contribution >= 4 is 22.7 Å². The molecule has 2 aromatic carbocycles. The first-order chi connectivity index (χ1) is 10.6. The van der Waals surface area contributed by atoms with Gasteiger partial charge in [-0.3, -0.25) is 0 Å². The fourth-order valence-corrected chi connectivity index (χ4v) is 3.00. The van der Waals surface area contributed by atoms with Gasteiger partial charge >= 0.3 is 5.63 Å². The van der Waals surface area contributed by atoms with Crippen molar-refractivity contribution < 1.29 is 17.9 Å². The number of hydrogen-bond donors (Lipinski definition) is 0. The molecule has 1 heterocycles. The molecule has 3 nitrogen and oxygen atoms in total. The van der Waals surface area contributed by atoms with E-state index in [4.69, 9.17) is 9.15 Å². The first-order valence-electron chi connectivity index (χ1n) is 6.31. The summed E-state index contributed by atoms with van der Waals surface area (Å²) < 4.78 is 37.3. The van der Waals surface area contributed by atoms with Crippen molar-refractivity contribution in [3.8, 4) is 5.75 Å². The Morgan fingerprint density at radius 1 is 1.05 bits per heavy atom. The monoisotopic (exact) mass is 320 g/mol. The van der Waals surface area contributed by atoms with E-state index < -0.39 is 17.3 Å². The molecule has 1 aromatic heterocycles. The van der Waals surface area contributed by atoms with Gasteiger partial charge in [0.25, 0.3) is 0 Å². The molecule has 0 fully saturated rings. The summed E-state index contributed by atoms with van der Waals surface area (Å²) in [6.45, 7) is 0. The number of methoxy groups -OCH3 is 1. The van der Waals surface area contributed by atoms with Gasteiger partial charge in [0.05, 0.1) is 12.0 Å². The van der Waals surface area contributed by atoms with Crippen LogP contribution in [0.2, 0.25) is 0 Å². The fraction of sp³-hybridized carbons (Fsp3) is 0.0625. The maximum Gasteiger partial charge on any atom is 0.337 e. The number of hydrogen-bond acceptors (Lipinski definition) is 4. The third-order valence-corrected chi connectivity index (χ3v) is 4.12. The van der Waals surface area contributed by atoms with Crippen LogP contribution in [0.1, 0.15) is 0 Å². The van der Waals surface area contributed by atoms with Gasteiger partial charge in [0.2, 0.25) is 0 Å². The molecular formula is C16H10F2O3S. The maximum atomic E-state index is 13.8. The molecule has 0 N–H and O–H groups in total. The highest BCUT2D eigenvalue weighted by molar-refractivity contribution is 7.99. The van der Waals surface area contributed by atoms with E-state index in [2.05, 4.69) is 0 Å². The van der Waals surface area contributed by atoms with Crippen molar-refractivity contribution in [3.63, 3.8) is 0 Å². The van der Waals surface area contributed by atoms with Crippen LogP contribution in [0.5, 0.6) is 5.75 Å². The zero-order valence-electron chi connectivity index (χ0n) is 11.4. The number of rotatable bonds is 3. The Hall–Kier alpha value is -2.34. The molecule has 0 aliphatic rings. The smallest absolute Gasteiger partial charge is 0.337 e. The normalized spacial score (nSPS) is 10.9. The predicted molar refractivity (Wildman–Crippen MR) is 79.5 cm³/mol. The summed E-state index contributed by atoms with van der Waals surface area (Å²) in [6, 6.07) is 9.35. The molecule has 3 rings (SSSR count). The Balaban J connectivity index is 2.16. The topological polar surface area (TPSA) is 39.4 Å². The summed E-state index contributed by atoms with van der Waals surface area (Å²) in [5.74, 6) is -0.535. The maximum absolute atomic E-state index is 13.8. The number of benzene rings is 2. The zero-order valence-corrected chi connectivity index (χ0v) is 12.2. The van der Waals surface area contributed by atoms with Crippen LogP contribution in [0.4, 0.5) is 8.78 Å². The summed E-state index contributed by atoms with van der Waals surface area (Å²) >= 11 is 0.961. The molecule has 112 valence electrons. The van der Waals surface area contributed by atoms with E-state index in [0.717, 1.165) is 30.0 Å². The third-order valence-electron chi connectivity index (χ3n) is 3.02. The highest BCUT2D eigenvalue weighted by atomic mass is 32.2. The van der Waals surface area contributed by atoms with Gasteiger partial charge in [-0.1, -0.05) is 11.8 Å². The minimum Gasteiger partial charge on any atom is -0.497 e. The standard InChI is InChI=1S/C16H10F2O3S/c1-20-10-3-5-13-11(7-10)14(8-16(19)21-13)22-15-6-9(17)2-4-12(15)18/h2-8H,1H3. The van der Waals surface area contributed by atoms with E-state index in [1.54, 1.807) is 18.2 Å². The van der Waals surface area contributed by atoms with Crippen molar-refractivity contribution in [2.75, 3.05) is 7.11 Å². The predicted octanol–water partition coefficient (Wildman–Crippen LogP) is 4.23. The van der Waals surface area contributed by atoms with Crippen molar-refractivity contribution in [2.24, 2.45) is 0 Å². The molecule has 0 bridgehead atoms. The van der Waals surface area contributed by atoms with E-state index in [-0.39, 0.29) is 4.90 Å². The average Bonchev–Trinajstić information content (AvgIpc) is 2.50. The first-order valence-corrected chi connectivity index (χ1v) is 7.13. The Morgan fingerprint density at radius 3 is 2.64 bits per heavy atom. The highest BCUT2D eigenvalue weighted by Crippen LogP contribution is 2.35. The molecule has 0 saturated heterocycles. The summed E-state index contributed by atoms with van der Waals surface area (Å²) in [6.07, 6.45) is 0. The Bertz CT molecular complexity index is 906. The van der Waals surface area contributed by atoms with E-state index in [1.165, 1.54) is 13.2 Å². The quantitative estimate of drug-likeness (QED) is 0.677. The van der Waals surface area contributed by atoms with Crippen LogP contribution >= 0.6 is 11.8 Å². The van der Waals surface area contributed by atoms with Crippen LogP contribution in [0.3, 0.4) is 0 Å². The van der Waals surface area contributed by atoms with Crippen molar-refractivity contribution in [1.82, 2.24) is 0 Å². The summed E-state index contributed by atoms with van der Waals surface area (Å²) in [7, 11) is 1.51. The van der Waals surface area contributed by atoms with Gasteiger partial charge in [-0.2, -0.15) is 0 Å². The molecular weight excluding hydrogens is 310 g/mol. The second-order valence-corrected chi connectivity index (χ2v) is 5.55. The summed E-state index contributed by atoms with van der Waals surface area (Å²) in [5, 5.41) is 0.590. The second kappa shape index (κ2) is 5.81. The van der Waals surface area contributed by atoms with Crippen LogP contribution in [0.25, 0.3) is 11.0 Å². The van der Waals surface area contributed by atoms with Gasteiger partial charge in [-0.25, -0.2) is 13.6 Å². The van der Waals surface area contributed by atoms with Gasteiger partial charge in [-0.05, 0) is 36.4 Å². The zero-order chi connectivity index (χ0) is 15.7. The molecule has 0 saturated carbocycles. The van der Waals surface area contributed by atoms with Crippen molar-refractivity contribution in [1.29, 1.82) is 0 Å². The van der Waals surface area contributed by atoms with Crippen LogP contribution in [-0.2, 0) is 0 Å². The number of fused-ring (bicyclic) bond motifs is 1. The first kappa shape index (κ1) is 14.6. The fourth-order valence-electron chi connectivity index (χ4n) is 2.00. The lowest BCUT2D eigenvalue weighted by atomic mass is 10.2. The van der Waals surface area contributed by atoms with Gasteiger partial charge < -0.3 is 9.15 Å². The molecule has 0 spiro atoms. The molecule has 6 heteroatoms. The van der Waals surface area contributed by atoms with E-state index in [0.29, 0.717) is 21.6 Å². The van der Waals surface area contributed by atoms with E-state index in [1.807, 2.05) is 0 Å². The molecule has 3 aromatic rings. The molecule has 0 unspecified atom stereocenters. The van der Waals surface area contributed by atoms with Gasteiger partial charge in [-0.15, -0.1) is 0 Å². The highest BCUT2D eigenvalue weighted by Gasteiger charge is 2.12. The van der Waals surface area contributed by atoms with Crippen LogP contribution in [0.15, 0.2) is 61.5 Å². The third kappa shape index (κ3) is 2.82. The molecule has 0 amide bonds. The van der Waals surface area contributed by atoms with Gasteiger partial charge in [0.15, 0.2) is 0 Å². The van der Waals surface area contributed by atoms with Gasteiger partial charge in [0, 0.05) is 16.3 Å². The Kier molecular flexibility index (Phi) is 3.85. The van der Waals surface area contributed by atoms with Crippen molar-refractivity contribution in [2.45, 2.75) is 9.79 Å².